The molecule has 2 nitrogen and oxygen atoms in total. The Labute approximate surface area is 104 Å². The SMILES string of the molecule is C#Cc1c(F)c(F)cc2nc(N)cc(C(C)C)c12. The Hall–Kier alpha value is -2.15. The van der Waals surface area contributed by atoms with E-state index in [1.807, 2.05) is 13.8 Å². The first-order valence-electron chi connectivity index (χ1n) is 5.50. The van der Waals surface area contributed by atoms with Gasteiger partial charge in [0.15, 0.2) is 11.6 Å². The molecule has 0 aliphatic carbocycles. The number of nitrogens with zero attached hydrogens (tertiary/aromatic N) is 1. The number of halogens is 2. The summed E-state index contributed by atoms with van der Waals surface area (Å²) >= 11 is 0. The van der Waals surface area contributed by atoms with Gasteiger partial charge in [0, 0.05) is 11.5 Å². The van der Waals surface area contributed by atoms with Crippen molar-refractivity contribution in [2.75, 3.05) is 5.73 Å². The molecule has 18 heavy (non-hydrogen) atoms. The second-order valence-electron chi connectivity index (χ2n) is 4.38. The number of nitrogens with two attached hydrogens (primary N) is 1. The summed E-state index contributed by atoms with van der Waals surface area (Å²) in [5, 5.41) is 0.459. The first-order chi connectivity index (χ1) is 8.45. The van der Waals surface area contributed by atoms with Gasteiger partial charge in [0.05, 0.1) is 11.1 Å². The Bertz CT molecular complexity index is 670. The second-order valence-corrected chi connectivity index (χ2v) is 4.38. The number of benzene rings is 1. The number of terminal acetylenes is 1. The summed E-state index contributed by atoms with van der Waals surface area (Å²) < 4.78 is 27.1. The van der Waals surface area contributed by atoms with Gasteiger partial charge in [0.1, 0.15) is 5.82 Å². The fraction of sp³-hybridized carbons (Fsp3) is 0.214. The Morgan fingerprint density at radius 1 is 1.33 bits per heavy atom. The predicted octanol–water partition coefficient (Wildman–Crippen LogP) is 3.20. The van der Waals surface area contributed by atoms with Crippen molar-refractivity contribution in [1.82, 2.24) is 4.98 Å². The van der Waals surface area contributed by atoms with Crippen LogP contribution in [-0.4, -0.2) is 4.98 Å². The minimum Gasteiger partial charge on any atom is -0.384 e. The number of pyridine rings is 1. The molecule has 0 spiro atoms. The fourth-order valence-electron chi connectivity index (χ4n) is 1.99. The first kappa shape index (κ1) is 12.3. The largest absolute Gasteiger partial charge is 0.384 e. The van der Waals surface area contributed by atoms with E-state index in [1.165, 1.54) is 0 Å². The van der Waals surface area contributed by atoms with Gasteiger partial charge in [-0.3, -0.25) is 0 Å². The molecule has 4 heteroatoms. The smallest absolute Gasteiger partial charge is 0.175 e. The van der Waals surface area contributed by atoms with E-state index in [0.717, 1.165) is 11.6 Å². The van der Waals surface area contributed by atoms with Crippen molar-refractivity contribution >= 4 is 16.7 Å². The van der Waals surface area contributed by atoms with Gasteiger partial charge in [-0.05, 0) is 17.5 Å². The molecule has 2 rings (SSSR count). The third kappa shape index (κ3) is 1.78. The number of anilines is 1. The normalized spacial score (nSPS) is 10.9. The van der Waals surface area contributed by atoms with Crippen molar-refractivity contribution < 1.29 is 8.78 Å². The lowest BCUT2D eigenvalue weighted by Gasteiger charge is -2.13. The standard InChI is InChI=1S/C14H12F2N2/c1-4-8-13-9(7(2)3)5-12(17)18-11(13)6-10(15)14(8)16/h1,5-7H,2-3H3,(H2,17,18). The van der Waals surface area contributed by atoms with Crippen LogP contribution in [0.15, 0.2) is 12.1 Å². The predicted molar refractivity (Wildman–Crippen MR) is 68.1 cm³/mol. The highest BCUT2D eigenvalue weighted by Gasteiger charge is 2.17. The van der Waals surface area contributed by atoms with Gasteiger partial charge in [0.25, 0.3) is 0 Å². The zero-order valence-electron chi connectivity index (χ0n) is 10.1. The molecule has 92 valence electrons. The van der Waals surface area contributed by atoms with Crippen LogP contribution in [0.1, 0.15) is 30.9 Å². The average Bonchev–Trinajstić information content (AvgIpc) is 2.30. The molecule has 0 fully saturated rings. The lowest BCUT2D eigenvalue weighted by Crippen LogP contribution is -2.02. The van der Waals surface area contributed by atoms with Crippen LogP contribution in [-0.2, 0) is 0 Å². The molecule has 1 aromatic heterocycles. The Kier molecular flexibility index (Phi) is 2.92. The van der Waals surface area contributed by atoms with Gasteiger partial charge in [-0.1, -0.05) is 19.8 Å². The zero-order chi connectivity index (χ0) is 13.4. The molecule has 1 aromatic carbocycles. The number of fused-ring (bicyclic) bond motifs is 1. The van der Waals surface area contributed by atoms with Crippen molar-refractivity contribution in [2.24, 2.45) is 0 Å². The molecule has 0 aliphatic rings. The van der Waals surface area contributed by atoms with Crippen LogP contribution < -0.4 is 5.73 Å². The molecule has 2 N–H and O–H groups in total. The van der Waals surface area contributed by atoms with E-state index in [1.54, 1.807) is 6.07 Å². The van der Waals surface area contributed by atoms with Crippen molar-refractivity contribution in [1.29, 1.82) is 0 Å². The average molecular weight is 246 g/mol. The summed E-state index contributed by atoms with van der Waals surface area (Å²) in [4.78, 5) is 4.00. The van der Waals surface area contributed by atoms with Crippen LogP contribution in [0.3, 0.4) is 0 Å². The Morgan fingerprint density at radius 3 is 2.56 bits per heavy atom. The fourth-order valence-corrected chi connectivity index (χ4v) is 1.99. The van der Waals surface area contributed by atoms with Gasteiger partial charge in [0.2, 0.25) is 0 Å². The van der Waals surface area contributed by atoms with E-state index >= 15 is 0 Å². The van der Waals surface area contributed by atoms with E-state index in [4.69, 9.17) is 12.2 Å². The molecule has 0 amide bonds. The van der Waals surface area contributed by atoms with Crippen molar-refractivity contribution in [3.63, 3.8) is 0 Å². The molecular weight excluding hydrogens is 234 g/mol. The van der Waals surface area contributed by atoms with Crippen molar-refractivity contribution in [2.45, 2.75) is 19.8 Å². The first-order valence-corrected chi connectivity index (χ1v) is 5.50. The van der Waals surface area contributed by atoms with Crippen LogP contribution in [0.5, 0.6) is 0 Å². The van der Waals surface area contributed by atoms with Gasteiger partial charge >= 0.3 is 0 Å². The van der Waals surface area contributed by atoms with Crippen LogP contribution >= 0.6 is 0 Å². The maximum Gasteiger partial charge on any atom is 0.175 e. The topological polar surface area (TPSA) is 38.9 Å². The monoisotopic (exact) mass is 246 g/mol. The maximum atomic E-state index is 13.7. The summed E-state index contributed by atoms with van der Waals surface area (Å²) in [5.41, 5.74) is 6.62. The molecule has 0 saturated heterocycles. The zero-order valence-corrected chi connectivity index (χ0v) is 10.1. The Balaban J connectivity index is 3.03. The molecule has 1 heterocycles. The second kappa shape index (κ2) is 4.26. The minimum absolute atomic E-state index is 0.0785. The molecule has 0 radical (unpaired) electrons. The number of nitrogen functional groups attached to an aromatic ring is 1. The molecular formula is C14H12F2N2. The van der Waals surface area contributed by atoms with E-state index in [-0.39, 0.29) is 22.8 Å². The minimum atomic E-state index is -1.02. The van der Waals surface area contributed by atoms with Crippen LogP contribution in [0.25, 0.3) is 10.9 Å². The van der Waals surface area contributed by atoms with Gasteiger partial charge in [-0.15, -0.1) is 6.42 Å². The van der Waals surface area contributed by atoms with Crippen LogP contribution in [0.4, 0.5) is 14.6 Å². The number of aromatic nitrogens is 1. The molecule has 0 atom stereocenters. The van der Waals surface area contributed by atoms with E-state index in [2.05, 4.69) is 10.9 Å². The molecule has 0 unspecified atom stereocenters. The summed E-state index contributed by atoms with van der Waals surface area (Å²) in [6, 6.07) is 2.67. The Morgan fingerprint density at radius 2 is 2.00 bits per heavy atom. The third-order valence-corrected chi connectivity index (χ3v) is 2.81. The summed E-state index contributed by atoms with van der Waals surface area (Å²) in [6.07, 6.45) is 5.28. The lowest BCUT2D eigenvalue weighted by atomic mass is 9.95. The summed E-state index contributed by atoms with van der Waals surface area (Å²) in [5.74, 6) is 0.514. The highest BCUT2D eigenvalue weighted by molar-refractivity contribution is 5.90. The quantitative estimate of drug-likeness (QED) is 0.785. The third-order valence-electron chi connectivity index (χ3n) is 2.81. The highest BCUT2D eigenvalue weighted by atomic mass is 19.2. The summed E-state index contributed by atoms with van der Waals surface area (Å²) in [7, 11) is 0. The van der Waals surface area contributed by atoms with Crippen molar-refractivity contribution in [3.05, 3.63) is 34.9 Å². The number of hydrogen-bond donors (Lipinski definition) is 1. The molecule has 0 aliphatic heterocycles. The lowest BCUT2D eigenvalue weighted by molar-refractivity contribution is 0.508. The molecule has 0 saturated carbocycles. The van der Waals surface area contributed by atoms with Gasteiger partial charge in [-0.2, -0.15) is 0 Å². The highest BCUT2D eigenvalue weighted by Crippen LogP contribution is 2.31. The van der Waals surface area contributed by atoms with Crippen molar-refractivity contribution in [3.8, 4) is 12.3 Å². The number of hydrogen-bond acceptors (Lipinski definition) is 2. The summed E-state index contributed by atoms with van der Waals surface area (Å²) in [6.45, 7) is 3.85. The molecule has 2 aromatic rings. The van der Waals surface area contributed by atoms with E-state index in [9.17, 15) is 8.78 Å². The molecule has 0 bridgehead atoms. The van der Waals surface area contributed by atoms with E-state index in [0.29, 0.717) is 5.39 Å². The van der Waals surface area contributed by atoms with Crippen LogP contribution in [0, 0.1) is 24.0 Å². The number of rotatable bonds is 1. The van der Waals surface area contributed by atoms with Crippen LogP contribution in [0.2, 0.25) is 0 Å². The van der Waals surface area contributed by atoms with Gasteiger partial charge < -0.3 is 5.73 Å². The van der Waals surface area contributed by atoms with E-state index < -0.39 is 11.6 Å². The maximum absolute atomic E-state index is 13.7. The van der Waals surface area contributed by atoms with Gasteiger partial charge in [-0.25, -0.2) is 13.8 Å².